The fraction of sp³-hybridized carbons (Fsp3) is 0.333. The van der Waals surface area contributed by atoms with E-state index in [1.807, 2.05) is 19.9 Å². The molecule has 0 aliphatic carbocycles. The Hall–Kier alpha value is -2.48. The van der Waals surface area contributed by atoms with E-state index in [9.17, 15) is 14.0 Å². The molecule has 3 rings (SSSR count). The molecule has 26 heavy (non-hydrogen) atoms. The zero-order valence-corrected chi connectivity index (χ0v) is 15.4. The van der Waals surface area contributed by atoms with Crippen LogP contribution in [-0.2, 0) is 9.59 Å². The topological polar surface area (TPSA) is 75.2 Å². The van der Waals surface area contributed by atoms with Crippen molar-refractivity contribution in [2.24, 2.45) is 0 Å². The summed E-state index contributed by atoms with van der Waals surface area (Å²) >= 11 is 1.24. The third kappa shape index (κ3) is 4.37. The van der Waals surface area contributed by atoms with E-state index in [0.717, 1.165) is 11.4 Å². The van der Waals surface area contributed by atoms with E-state index in [-0.39, 0.29) is 23.3 Å². The molecule has 0 atom stereocenters. The summed E-state index contributed by atoms with van der Waals surface area (Å²) in [7, 11) is 0. The third-order valence-corrected chi connectivity index (χ3v) is 4.74. The summed E-state index contributed by atoms with van der Waals surface area (Å²) in [5, 5.41) is 3.27. The van der Waals surface area contributed by atoms with Gasteiger partial charge >= 0.3 is 0 Å². The van der Waals surface area contributed by atoms with Crippen molar-refractivity contribution in [1.82, 2.24) is 9.97 Å². The lowest BCUT2D eigenvalue weighted by Crippen LogP contribution is -2.25. The second-order valence-electron chi connectivity index (χ2n) is 6.09. The van der Waals surface area contributed by atoms with Crippen molar-refractivity contribution in [3.05, 3.63) is 41.5 Å². The van der Waals surface area contributed by atoms with E-state index in [2.05, 4.69) is 15.3 Å². The quantitative estimate of drug-likeness (QED) is 0.643. The molecular weight excluding hydrogens is 355 g/mol. The maximum absolute atomic E-state index is 14.1. The highest BCUT2D eigenvalue weighted by molar-refractivity contribution is 7.99. The molecule has 2 heterocycles. The van der Waals surface area contributed by atoms with Gasteiger partial charge in [-0.25, -0.2) is 14.4 Å². The van der Waals surface area contributed by atoms with Crippen molar-refractivity contribution >= 4 is 35.0 Å². The third-order valence-electron chi connectivity index (χ3n) is 3.89. The average molecular weight is 374 g/mol. The van der Waals surface area contributed by atoms with Gasteiger partial charge < -0.3 is 10.2 Å². The first kappa shape index (κ1) is 18.3. The summed E-state index contributed by atoms with van der Waals surface area (Å²) in [5.41, 5.74) is 2.35. The summed E-state index contributed by atoms with van der Waals surface area (Å²) in [4.78, 5) is 34.0. The lowest BCUT2D eigenvalue weighted by Gasteiger charge is -2.17. The van der Waals surface area contributed by atoms with Gasteiger partial charge in [0, 0.05) is 30.0 Å². The van der Waals surface area contributed by atoms with Crippen LogP contribution in [0.15, 0.2) is 29.4 Å². The van der Waals surface area contributed by atoms with Crippen molar-refractivity contribution in [2.45, 2.75) is 31.8 Å². The van der Waals surface area contributed by atoms with Gasteiger partial charge in [0.25, 0.3) is 0 Å². The second kappa shape index (κ2) is 7.82. The van der Waals surface area contributed by atoms with Crippen LogP contribution in [0.1, 0.15) is 24.2 Å². The van der Waals surface area contributed by atoms with Crippen LogP contribution in [0.4, 0.5) is 15.8 Å². The number of amides is 2. The molecule has 0 spiro atoms. The molecule has 0 saturated carbocycles. The number of carbonyl (C=O) groups excluding carboxylic acids is 2. The predicted octanol–water partition coefficient (Wildman–Crippen LogP) is 3.09. The number of anilines is 2. The second-order valence-corrected chi connectivity index (χ2v) is 7.03. The first-order valence-corrected chi connectivity index (χ1v) is 9.26. The standard InChI is InChI=1S/C18H19FN4O2S/c1-11-8-12(2)21-18(20-11)26-10-16(24)22-13-5-6-14(19)15(9-13)23-7-3-4-17(23)25/h5-6,8-9H,3-4,7,10H2,1-2H3,(H,22,24). The molecule has 1 aliphatic rings. The maximum atomic E-state index is 14.1. The molecule has 1 aromatic heterocycles. The number of hydrogen-bond donors (Lipinski definition) is 1. The molecule has 1 fully saturated rings. The molecule has 0 unspecified atom stereocenters. The Morgan fingerprint density at radius 3 is 2.65 bits per heavy atom. The number of carbonyl (C=O) groups is 2. The van der Waals surface area contributed by atoms with E-state index in [4.69, 9.17) is 0 Å². The van der Waals surface area contributed by atoms with Crippen LogP contribution >= 0.6 is 11.8 Å². The number of aromatic nitrogens is 2. The van der Waals surface area contributed by atoms with Gasteiger partial charge in [-0.2, -0.15) is 0 Å². The van der Waals surface area contributed by atoms with Gasteiger partial charge in [-0.15, -0.1) is 0 Å². The highest BCUT2D eigenvalue weighted by atomic mass is 32.2. The normalized spacial score (nSPS) is 14.0. The Kier molecular flexibility index (Phi) is 5.51. The predicted molar refractivity (Wildman–Crippen MR) is 98.8 cm³/mol. The first-order valence-electron chi connectivity index (χ1n) is 8.27. The number of aryl methyl sites for hydroxylation is 2. The smallest absolute Gasteiger partial charge is 0.234 e. The highest BCUT2D eigenvalue weighted by Gasteiger charge is 2.24. The van der Waals surface area contributed by atoms with Crippen LogP contribution in [-0.4, -0.2) is 34.1 Å². The molecule has 8 heteroatoms. The highest BCUT2D eigenvalue weighted by Crippen LogP contribution is 2.27. The number of hydrogen-bond acceptors (Lipinski definition) is 5. The first-order chi connectivity index (χ1) is 12.4. The van der Waals surface area contributed by atoms with Crippen molar-refractivity contribution in [3.8, 4) is 0 Å². The Morgan fingerprint density at radius 2 is 2.00 bits per heavy atom. The number of thioether (sulfide) groups is 1. The van der Waals surface area contributed by atoms with Gasteiger partial charge in [0.2, 0.25) is 11.8 Å². The minimum Gasteiger partial charge on any atom is -0.325 e. The number of nitrogens with one attached hydrogen (secondary N) is 1. The molecule has 0 bridgehead atoms. The van der Waals surface area contributed by atoms with Gasteiger partial charge in [0.1, 0.15) is 5.82 Å². The molecule has 1 aromatic carbocycles. The average Bonchev–Trinajstić information content (AvgIpc) is 3.00. The molecular formula is C18H19FN4O2S. The summed E-state index contributed by atoms with van der Waals surface area (Å²) in [6.07, 6.45) is 1.13. The minimum atomic E-state index is -0.476. The summed E-state index contributed by atoms with van der Waals surface area (Å²) in [6, 6.07) is 6.10. The van der Waals surface area contributed by atoms with Gasteiger partial charge in [-0.05, 0) is 44.5 Å². The van der Waals surface area contributed by atoms with E-state index in [1.54, 1.807) is 0 Å². The van der Waals surface area contributed by atoms with Crippen molar-refractivity contribution in [3.63, 3.8) is 0 Å². The molecule has 1 N–H and O–H groups in total. The number of nitrogens with zero attached hydrogens (tertiary/aromatic N) is 3. The summed E-state index contributed by atoms with van der Waals surface area (Å²) < 4.78 is 14.1. The van der Waals surface area contributed by atoms with Crippen LogP contribution in [0.25, 0.3) is 0 Å². The number of rotatable bonds is 5. The number of halogens is 1. The SMILES string of the molecule is Cc1cc(C)nc(SCC(=O)Nc2ccc(F)c(N3CCCC3=O)c2)n1. The molecule has 136 valence electrons. The fourth-order valence-electron chi connectivity index (χ4n) is 2.79. The molecule has 2 amide bonds. The van der Waals surface area contributed by atoms with Crippen molar-refractivity contribution in [2.75, 3.05) is 22.5 Å². The lowest BCUT2D eigenvalue weighted by atomic mass is 10.2. The summed E-state index contributed by atoms with van der Waals surface area (Å²) in [5.74, 6) is -0.688. The zero-order chi connectivity index (χ0) is 18.7. The zero-order valence-electron chi connectivity index (χ0n) is 14.6. The van der Waals surface area contributed by atoms with Crippen LogP contribution in [0.3, 0.4) is 0 Å². The molecule has 6 nitrogen and oxygen atoms in total. The van der Waals surface area contributed by atoms with Gasteiger partial charge in [0.05, 0.1) is 11.4 Å². The van der Waals surface area contributed by atoms with E-state index < -0.39 is 5.82 Å². The van der Waals surface area contributed by atoms with E-state index in [0.29, 0.717) is 30.2 Å². The van der Waals surface area contributed by atoms with Crippen LogP contribution < -0.4 is 10.2 Å². The lowest BCUT2D eigenvalue weighted by molar-refractivity contribution is -0.117. The van der Waals surface area contributed by atoms with Gasteiger partial charge in [0.15, 0.2) is 5.16 Å². The minimum absolute atomic E-state index is 0.102. The van der Waals surface area contributed by atoms with Crippen molar-refractivity contribution < 1.29 is 14.0 Å². The molecule has 1 aliphatic heterocycles. The Balaban J connectivity index is 1.65. The Morgan fingerprint density at radius 1 is 1.27 bits per heavy atom. The number of benzene rings is 1. The Bertz CT molecular complexity index is 839. The summed E-state index contributed by atoms with van der Waals surface area (Å²) in [6.45, 7) is 4.24. The van der Waals surface area contributed by atoms with Crippen LogP contribution in [0, 0.1) is 19.7 Å². The fourth-order valence-corrected chi connectivity index (χ4v) is 3.53. The van der Waals surface area contributed by atoms with Crippen LogP contribution in [0.2, 0.25) is 0 Å². The van der Waals surface area contributed by atoms with E-state index >= 15 is 0 Å². The largest absolute Gasteiger partial charge is 0.325 e. The van der Waals surface area contributed by atoms with Crippen LogP contribution in [0.5, 0.6) is 0 Å². The molecule has 2 aromatic rings. The monoisotopic (exact) mass is 374 g/mol. The molecule has 0 radical (unpaired) electrons. The van der Waals surface area contributed by atoms with Crippen molar-refractivity contribution in [1.29, 1.82) is 0 Å². The molecule has 1 saturated heterocycles. The van der Waals surface area contributed by atoms with Gasteiger partial charge in [-0.3, -0.25) is 9.59 Å². The van der Waals surface area contributed by atoms with Gasteiger partial charge in [-0.1, -0.05) is 11.8 Å². The maximum Gasteiger partial charge on any atom is 0.234 e. The Labute approximate surface area is 155 Å². The van der Waals surface area contributed by atoms with E-state index in [1.165, 1.54) is 34.9 Å².